The molecule has 0 unspecified atom stereocenters. The second-order valence-corrected chi connectivity index (χ2v) is 3.35. The number of halogens is 1. The van der Waals surface area contributed by atoms with Gasteiger partial charge in [0, 0.05) is 23.5 Å². The van der Waals surface area contributed by atoms with Crippen LogP contribution in [0.5, 0.6) is 0 Å². The van der Waals surface area contributed by atoms with Gasteiger partial charge in [0.2, 0.25) is 0 Å². The molecule has 15 heavy (non-hydrogen) atoms. The first kappa shape index (κ1) is 10.1. The third kappa shape index (κ3) is 1.98. The average Bonchev–Trinajstić information content (AvgIpc) is 2.30. The minimum Gasteiger partial charge on any atom is -0.392 e. The zero-order valence-electron chi connectivity index (χ0n) is 7.81. The Balaban J connectivity index is 2.59. The lowest BCUT2D eigenvalue weighted by atomic mass is 10.1. The Bertz CT molecular complexity index is 474. The van der Waals surface area contributed by atoms with E-state index in [9.17, 15) is 0 Å². The van der Waals surface area contributed by atoms with E-state index in [1.807, 2.05) is 0 Å². The molecule has 0 aliphatic carbocycles. The number of aliphatic hydroxyl groups is 1. The van der Waals surface area contributed by atoms with Gasteiger partial charge in [-0.3, -0.25) is 9.97 Å². The first-order chi connectivity index (χ1) is 7.33. The summed E-state index contributed by atoms with van der Waals surface area (Å²) in [5, 5.41) is 9.68. The van der Waals surface area contributed by atoms with Crippen molar-refractivity contribution in [3.8, 4) is 11.3 Å². The van der Waals surface area contributed by atoms with Crippen molar-refractivity contribution < 1.29 is 5.11 Å². The molecule has 0 saturated carbocycles. The summed E-state index contributed by atoms with van der Waals surface area (Å²) in [4.78, 5) is 7.98. The van der Waals surface area contributed by atoms with E-state index < -0.39 is 0 Å². The van der Waals surface area contributed by atoms with Crippen molar-refractivity contribution in [2.24, 2.45) is 0 Å². The molecule has 0 aliphatic rings. The van der Waals surface area contributed by atoms with Crippen molar-refractivity contribution in [1.82, 2.24) is 9.97 Å². The summed E-state index contributed by atoms with van der Waals surface area (Å²) in [5.41, 5.74) is 2.00. The number of pyridine rings is 2. The van der Waals surface area contributed by atoms with Gasteiger partial charge in [-0.2, -0.15) is 0 Å². The number of rotatable bonds is 2. The Morgan fingerprint density at radius 1 is 1.33 bits per heavy atom. The van der Waals surface area contributed by atoms with E-state index in [1.54, 1.807) is 30.6 Å². The topological polar surface area (TPSA) is 46.0 Å². The zero-order chi connectivity index (χ0) is 10.7. The van der Waals surface area contributed by atoms with E-state index >= 15 is 0 Å². The number of aromatic nitrogens is 2. The van der Waals surface area contributed by atoms with Crippen LogP contribution in [0.15, 0.2) is 30.6 Å². The standard InChI is InChI=1S/C11H8ClN2O/c12-10-2-1-4-14-11(10)9-3-5-13-6-8(9)7-15/h1-5,15H,7H2. The molecule has 3 nitrogen and oxygen atoms in total. The number of hydrogen-bond acceptors (Lipinski definition) is 3. The summed E-state index contributed by atoms with van der Waals surface area (Å²) in [6.45, 7) is -0.129. The van der Waals surface area contributed by atoms with E-state index in [1.165, 1.54) is 0 Å². The third-order valence-corrected chi connectivity index (χ3v) is 2.32. The highest BCUT2D eigenvalue weighted by molar-refractivity contribution is 6.33. The van der Waals surface area contributed by atoms with Gasteiger partial charge in [-0.25, -0.2) is 0 Å². The predicted octanol–water partition coefficient (Wildman–Crippen LogP) is 2.09. The largest absolute Gasteiger partial charge is 0.392 e. The summed E-state index contributed by atoms with van der Waals surface area (Å²) in [6.07, 6.45) is 5.97. The summed E-state index contributed by atoms with van der Waals surface area (Å²) in [6, 6.07) is 5.27. The van der Waals surface area contributed by atoms with Crippen molar-refractivity contribution in [1.29, 1.82) is 0 Å². The van der Waals surface area contributed by atoms with Gasteiger partial charge in [0.15, 0.2) is 0 Å². The molecule has 0 aromatic carbocycles. The Morgan fingerprint density at radius 3 is 2.93 bits per heavy atom. The SMILES string of the molecule is OCc1[c]nccc1-c1ncccc1Cl. The molecular weight excluding hydrogens is 212 g/mol. The molecule has 1 radical (unpaired) electrons. The van der Waals surface area contributed by atoms with E-state index in [0.29, 0.717) is 16.3 Å². The quantitative estimate of drug-likeness (QED) is 0.841. The van der Waals surface area contributed by atoms with Gasteiger partial charge in [0.05, 0.1) is 23.5 Å². The molecule has 2 aromatic rings. The highest BCUT2D eigenvalue weighted by atomic mass is 35.5. The van der Waals surface area contributed by atoms with Crippen LogP contribution in [0.4, 0.5) is 0 Å². The maximum Gasteiger partial charge on any atom is 0.0951 e. The summed E-state index contributed by atoms with van der Waals surface area (Å²) >= 11 is 6.01. The highest BCUT2D eigenvalue weighted by Gasteiger charge is 2.08. The molecule has 0 amide bonds. The highest BCUT2D eigenvalue weighted by Crippen LogP contribution is 2.27. The lowest BCUT2D eigenvalue weighted by molar-refractivity contribution is 0.281. The number of aliphatic hydroxyl groups excluding tert-OH is 1. The van der Waals surface area contributed by atoms with Gasteiger partial charge >= 0.3 is 0 Å². The zero-order valence-corrected chi connectivity index (χ0v) is 8.57. The second kappa shape index (κ2) is 4.38. The third-order valence-electron chi connectivity index (χ3n) is 2.01. The normalized spacial score (nSPS) is 10.3. The molecule has 0 spiro atoms. The fourth-order valence-electron chi connectivity index (χ4n) is 1.31. The lowest BCUT2D eigenvalue weighted by Gasteiger charge is -2.06. The maximum atomic E-state index is 9.13. The van der Waals surface area contributed by atoms with Crippen molar-refractivity contribution >= 4 is 11.6 Å². The first-order valence-electron chi connectivity index (χ1n) is 4.40. The van der Waals surface area contributed by atoms with Gasteiger partial charge in [-0.05, 0) is 18.2 Å². The summed E-state index contributed by atoms with van der Waals surface area (Å²) < 4.78 is 0. The van der Waals surface area contributed by atoms with Crippen LogP contribution in [0.25, 0.3) is 11.3 Å². The second-order valence-electron chi connectivity index (χ2n) is 2.94. The molecule has 0 saturated heterocycles. The Labute approximate surface area is 92.4 Å². The maximum absolute atomic E-state index is 9.13. The van der Waals surface area contributed by atoms with Crippen LogP contribution < -0.4 is 0 Å². The molecule has 1 N–H and O–H groups in total. The lowest BCUT2D eigenvalue weighted by Crippen LogP contribution is -1.93. The summed E-state index contributed by atoms with van der Waals surface area (Å²) in [7, 11) is 0. The van der Waals surface area contributed by atoms with Gasteiger partial charge in [0.25, 0.3) is 0 Å². The monoisotopic (exact) mass is 219 g/mol. The molecule has 2 heterocycles. The molecule has 75 valence electrons. The van der Waals surface area contributed by atoms with Crippen molar-refractivity contribution in [2.45, 2.75) is 6.61 Å². The smallest absolute Gasteiger partial charge is 0.0951 e. The average molecular weight is 220 g/mol. The molecular formula is C11H8ClN2O. The Morgan fingerprint density at radius 2 is 2.20 bits per heavy atom. The van der Waals surface area contributed by atoms with Crippen LogP contribution in [0.1, 0.15) is 5.56 Å². The molecule has 0 bridgehead atoms. The molecule has 0 atom stereocenters. The molecule has 4 heteroatoms. The van der Waals surface area contributed by atoms with E-state index in [4.69, 9.17) is 16.7 Å². The fraction of sp³-hybridized carbons (Fsp3) is 0.0909. The van der Waals surface area contributed by atoms with Crippen LogP contribution in [0, 0.1) is 6.20 Å². The van der Waals surface area contributed by atoms with E-state index in [-0.39, 0.29) is 6.61 Å². The van der Waals surface area contributed by atoms with Crippen LogP contribution in [0.3, 0.4) is 0 Å². The van der Waals surface area contributed by atoms with Crippen LogP contribution in [0.2, 0.25) is 5.02 Å². The van der Waals surface area contributed by atoms with Gasteiger partial charge in [0.1, 0.15) is 0 Å². The molecule has 0 aliphatic heterocycles. The number of hydrogen-bond donors (Lipinski definition) is 1. The van der Waals surface area contributed by atoms with Crippen molar-refractivity contribution in [2.75, 3.05) is 0 Å². The molecule has 2 aromatic heterocycles. The minimum atomic E-state index is -0.129. The summed E-state index contributed by atoms with van der Waals surface area (Å²) in [5.74, 6) is 0. The fourth-order valence-corrected chi connectivity index (χ4v) is 1.54. The number of nitrogens with zero attached hydrogens (tertiary/aromatic N) is 2. The van der Waals surface area contributed by atoms with E-state index in [2.05, 4.69) is 16.2 Å². The molecule has 2 rings (SSSR count). The Kier molecular flexibility index (Phi) is 2.94. The van der Waals surface area contributed by atoms with Crippen molar-refractivity contribution in [3.05, 3.63) is 47.4 Å². The Hall–Kier alpha value is -1.45. The van der Waals surface area contributed by atoms with Crippen LogP contribution >= 0.6 is 11.6 Å². The van der Waals surface area contributed by atoms with E-state index in [0.717, 1.165) is 5.56 Å². The van der Waals surface area contributed by atoms with Crippen LogP contribution in [-0.4, -0.2) is 15.1 Å². The van der Waals surface area contributed by atoms with Gasteiger partial charge in [-0.1, -0.05) is 11.6 Å². The van der Waals surface area contributed by atoms with Crippen molar-refractivity contribution in [3.63, 3.8) is 0 Å². The molecule has 0 fully saturated rings. The predicted molar refractivity (Wildman–Crippen MR) is 57.2 cm³/mol. The van der Waals surface area contributed by atoms with Crippen LogP contribution in [-0.2, 0) is 6.61 Å². The minimum absolute atomic E-state index is 0.129. The van der Waals surface area contributed by atoms with Gasteiger partial charge < -0.3 is 5.11 Å². The van der Waals surface area contributed by atoms with Gasteiger partial charge in [-0.15, -0.1) is 0 Å². The first-order valence-corrected chi connectivity index (χ1v) is 4.78.